The lowest BCUT2D eigenvalue weighted by molar-refractivity contribution is -0.143. The van der Waals surface area contributed by atoms with Gasteiger partial charge in [0.05, 0.1) is 19.1 Å². The van der Waals surface area contributed by atoms with E-state index in [-0.39, 0.29) is 12.0 Å². The van der Waals surface area contributed by atoms with Crippen molar-refractivity contribution >= 4 is 5.97 Å². The number of carboxylic acids is 1. The van der Waals surface area contributed by atoms with E-state index in [9.17, 15) is 9.90 Å². The van der Waals surface area contributed by atoms with Gasteiger partial charge >= 0.3 is 5.97 Å². The van der Waals surface area contributed by atoms with E-state index < -0.39 is 5.97 Å². The maximum Gasteiger partial charge on any atom is 0.310 e. The highest BCUT2D eigenvalue weighted by atomic mass is 16.5. The van der Waals surface area contributed by atoms with Gasteiger partial charge < -0.3 is 9.84 Å². The van der Waals surface area contributed by atoms with Crippen LogP contribution in [0.25, 0.3) is 0 Å². The molecule has 5 atom stereocenters. The van der Waals surface area contributed by atoms with E-state index >= 15 is 0 Å². The number of nitrogens with zero attached hydrogens (tertiary/aromatic N) is 1. The average Bonchev–Trinajstić information content (AvgIpc) is 2.77. The number of aliphatic carboxylic acids is 1. The quantitative estimate of drug-likeness (QED) is 0.836. The molecule has 1 aliphatic carbocycles. The third-order valence-electron chi connectivity index (χ3n) is 4.80. The van der Waals surface area contributed by atoms with E-state index in [1.807, 2.05) is 0 Å². The normalized spacial score (nSPS) is 41.2. The summed E-state index contributed by atoms with van der Waals surface area (Å²) in [4.78, 5) is 13.5. The molecule has 0 spiro atoms. The summed E-state index contributed by atoms with van der Waals surface area (Å²) in [5, 5.41) is 9.23. The molecule has 1 heterocycles. The Morgan fingerprint density at radius 3 is 2.56 bits per heavy atom. The van der Waals surface area contributed by atoms with Gasteiger partial charge in [0, 0.05) is 12.1 Å². The molecular formula is C14H25NO3. The van der Waals surface area contributed by atoms with Crippen LogP contribution in [-0.4, -0.2) is 48.3 Å². The van der Waals surface area contributed by atoms with Crippen LogP contribution >= 0.6 is 0 Å². The van der Waals surface area contributed by atoms with E-state index in [4.69, 9.17) is 4.74 Å². The fourth-order valence-electron chi connectivity index (χ4n) is 3.68. The molecule has 0 aromatic rings. The lowest BCUT2D eigenvalue weighted by atomic mass is 9.78. The Bertz CT molecular complexity index is 307. The van der Waals surface area contributed by atoms with Gasteiger partial charge in [0.1, 0.15) is 0 Å². The van der Waals surface area contributed by atoms with Crippen LogP contribution in [0.2, 0.25) is 0 Å². The number of hydrogen-bond donors (Lipinski definition) is 1. The van der Waals surface area contributed by atoms with Crippen molar-refractivity contribution in [1.82, 2.24) is 4.90 Å². The minimum Gasteiger partial charge on any atom is -0.481 e. The maximum absolute atomic E-state index is 11.2. The molecule has 4 heteroatoms. The van der Waals surface area contributed by atoms with Gasteiger partial charge in [-0.15, -0.1) is 0 Å². The molecule has 0 bridgehead atoms. The van der Waals surface area contributed by atoms with Crippen LogP contribution in [0.1, 0.15) is 33.1 Å². The van der Waals surface area contributed by atoms with Crippen molar-refractivity contribution in [2.45, 2.75) is 45.2 Å². The molecular weight excluding hydrogens is 230 g/mol. The molecule has 0 radical (unpaired) electrons. The molecule has 1 saturated heterocycles. The van der Waals surface area contributed by atoms with Crippen molar-refractivity contribution in [3.8, 4) is 0 Å². The van der Waals surface area contributed by atoms with E-state index in [1.165, 1.54) is 19.3 Å². The predicted octanol–water partition coefficient (Wildman–Crippen LogP) is 1.84. The van der Waals surface area contributed by atoms with Gasteiger partial charge in [0.25, 0.3) is 0 Å². The fraction of sp³-hybridized carbons (Fsp3) is 0.929. The monoisotopic (exact) mass is 255 g/mol. The Kier molecular flexibility index (Phi) is 4.28. The first-order chi connectivity index (χ1) is 8.50. The van der Waals surface area contributed by atoms with Crippen molar-refractivity contribution in [2.75, 3.05) is 20.3 Å². The van der Waals surface area contributed by atoms with E-state index in [2.05, 4.69) is 25.8 Å². The molecule has 2 rings (SSSR count). The SMILES string of the molecule is CC1CCC(N(C)C2COCC2C(=O)O)C(C)C1. The predicted molar refractivity (Wildman–Crippen MR) is 69.5 cm³/mol. The first kappa shape index (κ1) is 13.8. The minimum atomic E-state index is -0.721. The van der Waals surface area contributed by atoms with Gasteiger partial charge in [0.15, 0.2) is 0 Å². The number of ether oxygens (including phenoxy) is 1. The number of rotatable bonds is 3. The summed E-state index contributed by atoms with van der Waals surface area (Å²) in [6.45, 7) is 5.53. The van der Waals surface area contributed by atoms with Gasteiger partial charge in [-0.3, -0.25) is 9.69 Å². The second kappa shape index (κ2) is 5.57. The fourth-order valence-corrected chi connectivity index (χ4v) is 3.68. The number of hydrogen-bond acceptors (Lipinski definition) is 3. The van der Waals surface area contributed by atoms with Crippen molar-refractivity contribution in [3.63, 3.8) is 0 Å². The summed E-state index contributed by atoms with van der Waals surface area (Å²) >= 11 is 0. The molecule has 1 aliphatic heterocycles. The van der Waals surface area contributed by atoms with Crippen LogP contribution in [0.5, 0.6) is 0 Å². The Hall–Kier alpha value is -0.610. The number of likely N-dealkylation sites (N-methyl/N-ethyl adjacent to an activating group) is 1. The first-order valence-electron chi connectivity index (χ1n) is 7.03. The lowest BCUT2D eigenvalue weighted by Gasteiger charge is -2.42. The average molecular weight is 255 g/mol. The molecule has 2 fully saturated rings. The highest BCUT2D eigenvalue weighted by Crippen LogP contribution is 2.34. The highest BCUT2D eigenvalue weighted by molar-refractivity contribution is 5.71. The zero-order valence-electron chi connectivity index (χ0n) is 11.6. The van der Waals surface area contributed by atoms with Gasteiger partial charge in [-0.05, 0) is 38.1 Å². The van der Waals surface area contributed by atoms with Gasteiger partial charge in [-0.2, -0.15) is 0 Å². The molecule has 2 aliphatic rings. The van der Waals surface area contributed by atoms with Crippen LogP contribution < -0.4 is 0 Å². The summed E-state index contributed by atoms with van der Waals surface area (Å²) in [5.74, 6) is 0.372. The van der Waals surface area contributed by atoms with E-state index in [0.717, 1.165) is 5.92 Å². The summed E-state index contributed by atoms with van der Waals surface area (Å²) in [5.41, 5.74) is 0. The van der Waals surface area contributed by atoms with Crippen molar-refractivity contribution in [3.05, 3.63) is 0 Å². The van der Waals surface area contributed by atoms with Crippen molar-refractivity contribution in [1.29, 1.82) is 0 Å². The Morgan fingerprint density at radius 1 is 1.22 bits per heavy atom. The molecule has 0 amide bonds. The van der Waals surface area contributed by atoms with E-state index in [0.29, 0.717) is 25.2 Å². The number of carboxylic acid groups (broad SMARTS) is 1. The van der Waals surface area contributed by atoms with Gasteiger partial charge in [-0.25, -0.2) is 0 Å². The zero-order chi connectivity index (χ0) is 13.3. The summed E-state index contributed by atoms with van der Waals surface area (Å²) < 4.78 is 5.38. The van der Waals surface area contributed by atoms with Crippen LogP contribution in [0.4, 0.5) is 0 Å². The van der Waals surface area contributed by atoms with Gasteiger partial charge in [-0.1, -0.05) is 13.8 Å². The van der Waals surface area contributed by atoms with Crippen molar-refractivity contribution in [2.24, 2.45) is 17.8 Å². The molecule has 5 unspecified atom stereocenters. The summed E-state index contributed by atoms with van der Waals surface area (Å²) in [7, 11) is 2.08. The highest BCUT2D eigenvalue weighted by Gasteiger charge is 2.40. The van der Waals surface area contributed by atoms with Crippen LogP contribution in [0, 0.1) is 17.8 Å². The first-order valence-corrected chi connectivity index (χ1v) is 7.03. The molecule has 4 nitrogen and oxygen atoms in total. The molecule has 18 heavy (non-hydrogen) atoms. The zero-order valence-corrected chi connectivity index (χ0v) is 11.6. The van der Waals surface area contributed by atoms with Crippen LogP contribution in [0.15, 0.2) is 0 Å². The minimum absolute atomic E-state index is 0.0448. The third-order valence-corrected chi connectivity index (χ3v) is 4.80. The topological polar surface area (TPSA) is 49.8 Å². The second-order valence-corrected chi connectivity index (χ2v) is 6.18. The maximum atomic E-state index is 11.2. The summed E-state index contributed by atoms with van der Waals surface area (Å²) in [6, 6.07) is 0.554. The van der Waals surface area contributed by atoms with Gasteiger partial charge in [0.2, 0.25) is 0 Å². The second-order valence-electron chi connectivity index (χ2n) is 6.18. The van der Waals surface area contributed by atoms with Crippen molar-refractivity contribution < 1.29 is 14.6 Å². The third kappa shape index (κ3) is 2.69. The standard InChI is InChI=1S/C14H25NO3/c1-9-4-5-12(10(2)6-9)15(3)13-8-18-7-11(13)14(16)17/h9-13H,4-8H2,1-3H3,(H,16,17). The van der Waals surface area contributed by atoms with Crippen LogP contribution in [0.3, 0.4) is 0 Å². The molecule has 1 saturated carbocycles. The molecule has 104 valence electrons. The molecule has 0 aromatic carbocycles. The van der Waals surface area contributed by atoms with Crippen LogP contribution in [-0.2, 0) is 9.53 Å². The number of carbonyl (C=O) groups is 1. The Morgan fingerprint density at radius 2 is 1.94 bits per heavy atom. The summed E-state index contributed by atoms with van der Waals surface area (Å²) in [6.07, 6.45) is 3.69. The lowest BCUT2D eigenvalue weighted by Crippen LogP contribution is -2.50. The molecule has 0 aromatic heterocycles. The van der Waals surface area contributed by atoms with E-state index in [1.54, 1.807) is 0 Å². The largest absolute Gasteiger partial charge is 0.481 e. The molecule has 1 N–H and O–H groups in total. The Labute approximate surface area is 109 Å². The Balaban J connectivity index is 2.02. The smallest absolute Gasteiger partial charge is 0.310 e.